The SMILES string of the molecule is CCc1ccc(NC(=O)C2CC2C(=O)N2CCN(C)CC2)cc1. The fraction of sp³-hybridized carbons (Fsp3) is 0.556. The van der Waals surface area contributed by atoms with Gasteiger partial charge in [-0.25, -0.2) is 0 Å². The Labute approximate surface area is 137 Å². The molecule has 1 N–H and O–H groups in total. The molecule has 124 valence electrons. The van der Waals surface area contributed by atoms with E-state index in [0.717, 1.165) is 38.3 Å². The van der Waals surface area contributed by atoms with Gasteiger partial charge in [0.1, 0.15) is 0 Å². The molecule has 1 saturated heterocycles. The van der Waals surface area contributed by atoms with E-state index >= 15 is 0 Å². The van der Waals surface area contributed by atoms with Crippen LogP contribution in [0, 0.1) is 11.8 Å². The van der Waals surface area contributed by atoms with Gasteiger partial charge in [-0.15, -0.1) is 0 Å². The molecule has 23 heavy (non-hydrogen) atoms. The van der Waals surface area contributed by atoms with Crippen molar-refractivity contribution < 1.29 is 9.59 Å². The number of benzene rings is 1. The number of carbonyl (C=O) groups excluding carboxylic acids is 2. The molecular formula is C18H25N3O2. The van der Waals surface area contributed by atoms with Crippen molar-refractivity contribution in [1.82, 2.24) is 9.80 Å². The lowest BCUT2D eigenvalue weighted by molar-refractivity contribution is -0.135. The molecule has 5 nitrogen and oxygen atoms in total. The van der Waals surface area contributed by atoms with E-state index in [9.17, 15) is 9.59 Å². The zero-order chi connectivity index (χ0) is 16.4. The maximum Gasteiger partial charge on any atom is 0.228 e. The summed E-state index contributed by atoms with van der Waals surface area (Å²) in [6, 6.07) is 7.90. The van der Waals surface area contributed by atoms with Gasteiger partial charge in [0.05, 0.1) is 11.8 Å². The number of nitrogens with zero attached hydrogens (tertiary/aromatic N) is 2. The van der Waals surface area contributed by atoms with Gasteiger partial charge < -0.3 is 15.1 Å². The molecule has 0 spiro atoms. The molecule has 1 heterocycles. The number of hydrogen-bond donors (Lipinski definition) is 1. The zero-order valence-electron chi connectivity index (χ0n) is 13.9. The van der Waals surface area contributed by atoms with E-state index in [2.05, 4.69) is 24.2 Å². The first-order valence-corrected chi connectivity index (χ1v) is 8.45. The Bertz CT molecular complexity index is 576. The van der Waals surface area contributed by atoms with Crippen LogP contribution in [0.5, 0.6) is 0 Å². The number of amides is 2. The highest BCUT2D eigenvalue weighted by molar-refractivity contribution is 5.99. The summed E-state index contributed by atoms with van der Waals surface area (Å²) in [5, 5.41) is 2.93. The lowest BCUT2D eigenvalue weighted by Gasteiger charge is -2.32. The highest BCUT2D eigenvalue weighted by atomic mass is 16.2. The number of rotatable bonds is 4. The van der Waals surface area contributed by atoms with Crippen LogP contribution in [0.3, 0.4) is 0 Å². The average Bonchev–Trinajstić information content (AvgIpc) is 3.36. The van der Waals surface area contributed by atoms with Crippen molar-refractivity contribution >= 4 is 17.5 Å². The fourth-order valence-corrected chi connectivity index (χ4v) is 3.08. The van der Waals surface area contributed by atoms with Gasteiger partial charge in [-0.1, -0.05) is 19.1 Å². The van der Waals surface area contributed by atoms with E-state index in [1.807, 2.05) is 29.2 Å². The summed E-state index contributed by atoms with van der Waals surface area (Å²) in [5.74, 6) is -0.150. The summed E-state index contributed by atoms with van der Waals surface area (Å²) >= 11 is 0. The molecule has 2 atom stereocenters. The maximum atomic E-state index is 12.4. The number of hydrogen-bond acceptors (Lipinski definition) is 3. The summed E-state index contributed by atoms with van der Waals surface area (Å²) in [4.78, 5) is 28.9. The average molecular weight is 315 g/mol. The Kier molecular flexibility index (Phi) is 4.66. The van der Waals surface area contributed by atoms with Crippen LogP contribution in [0.1, 0.15) is 18.9 Å². The van der Waals surface area contributed by atoms with Crippen molar-refractivity contribution in [2.45, 2.75) is 19.8 Å². The van der Waals surface area contributed by atoms with Crippen LogP contribution in [0.15, 0.2) is 24.3 Å². The molecule has 0 radical (unpaired) electrons. The summed E-state index contributed by atoms with van der Waals surface area (Å²) < 4.78 is 0. The van der Waals surface area contributed by atoms with E-state index in [0.29, 0.717) is 6.42 Å². The molecule has 1 saturated carbocycles. The molecule has 1 aromatic rings. The van der Waals surface area contributed by atoms with Crippen molar-refractivity contribution in [2.75, 3.05) is 38.5 Å². The molecule has 0 aromatic heterocycles. The molecule has 2 unspecified atom stereocenters. The third-order valence-electron chi connectivity index (χ3n) is 4.89. The quantitative estimate of drug-likeness (QED) is 0.918. The maximum absolute atomic E-state index is 12.4. The second kappa shape index (κ2) is 6.71. The lowest BCUT2D eigenvalue weighted by atomic mass is 10.1. The first-order valence-electron chi connectivity index (χ1n) is 8.45. The van der Waals surface area contributed by atoms with Crippen molar-refractivity contribution in [3.63, 3.8) is 0 Å². The molecule has 2 aliphatic rings. The fourth-order valence-electron chi connectivity index (χ4n) is 3.08. The van der Waals surface area contributed by atoms with Crippen LogP contribution in [-0.2, 0) is 16.0 Å². The standard InChI is InChI=1S/C18H25N3O2/c1-3-13-4-6-14(7-5-13)19-17(22)15-12-16(15)18(23)21-10-8-20(2)9-11-21/h4-7,15-16H,3,8-12H2,1-2H3,(H,19,22). The predicted molar refractivity (Wildman–Crippen MR) is 90.1 cm³/mol. The minimum atomic E-state index is -0.159. The minimum absolute atomic E-state index is 0.0262. The first-order chi connectivity index (χ1) is 11.1. The van der Waals surface area contributed by atoms with Crippen LogP contribution in [-0.4, -0.2) is 54.8 Å². The van der Waals surface area contributed by atoms with Gasteiger partial charge in [-0.2, -0.15) is 0 Å². The van der Waals surface area contributed by atoms with Gasteiger partial charge in [0.25, 0.3) is 0 Å². The molecule has 3 rings (SSSR count). The summed E-state index contributed by atoms with van der Waals surface area (Å²) in [7, 11) is 2.07. The number of nitrogens with one attached hydrogen (secondary N) is 1. The van der Waals surface area contributed by atoms with Crippen LogP contribution in [0.4, 0.5) is 5.69 Å². The number of carbonyl (C=O) groups is 2. The third kappa shape index (κ3) is 3.72. The van der Waals surface area contributed by atoms with Gasteiger partial charge in [0.15, 0.2) is 0 Å². The second-order valence-electron chi connectivity index (χ2n) is 6.62. The smallest absolute Gasteiger partial charge is 0.228 e. The Morgan fingerprint density at radius 2 is 1.74 bits per heavy atom. The van der Waals surface area contributed by atoms with Gasteiger partial charge in [-0.05, 0) is 37.6 Å². The van der Waals surface area contributed by atoms with Crippen LogP contribution >= 0.6 is 0 Å². The molecule has 2 fully saturated rings. The van der Waals surface area contributed by atoms with Crippen molar-refractivity contribution in [3.05, 3.63) is 29.8 Å². The molecule has 0 bridgehead atoms. The first kappa shape index (κ1) is 16.0. The van der Waals surface area contributed by atoms with E-state index < -0.39 is 0 Å². The van der Waals surface area contributed by atoms with Crippen LogP contribution in [0.25, 0.3) is 0 Å². The highest BCUT2D eigenvalue weighted by Crippen LogP contribution is 2.41. The zero-order valence-corrected chi connectivity index (χ0v) is 13.9. The minimum Gasteiger partial charge on any atom is -0.340 e. The van der Waals surface area contributed by atoms with Crippen LogP contribution < -0.4 is 5.32 Å². The molecule has 2 amide bonds. The Morgan fingerprint density at radius 1 is 1.09 bits per heavy atom. The summed E-state index contributed by atoms with van der Waals surface area (Å²) in [6.07, 6.45) is 1.67. The molecule has 1 aromatic carbocycles. The van der Waals surface area contributed by atoms with E-state index in [1.165, 1.54) is 5.56 Å². The Morgan fingerprint density at radius 3 is 2.35 bits per heavy atom. The van der Waals surface area contributed by atoms with Crippen molar-refractivity contribution in [2.24, 2.45) is 11.8 Å². The number of aryl methyl sites for hydroxylation is 1. The summed E-state index contributed by atoms with van der Waals surface area (Å²) in [5.41, 5.74) is 2.06. The molecular weight excluding hydrogens is 290 g/mol. The highest BCUT2D eigenvalue weighted by Gasteiger charge is 2.49. The molecule has 1 aliphatic carbocycles. The van der Waals surface area contributed by atoms with Crippen molar-refractivity contribution in [1.29, 1.82) is 0 Å². The van der Waals surface area contributed by atoms with Crippen LogP contribution in [0.2, 0.25) is 0 Å². The van der Waals surface area contributed by atoms with Gasteiger partial charge in [0.2, 0.25) is 11.8 Å². The summed E-state index contributed by atoms with van der Waals surface area (Å²) in [6.45, 7) is 5.49. The second-order valence-corrected chi connectivity index (χ2v) is 6.62. The number of piperazine rings is 1. The topological polar surface area (TPSA) is 52.7 Å². The largest absolute Gasteiger partial charge is 0.340 e. The lowest BCUT2D eigenvalue weighted by Crippen LogP contribution is -2.48. The predicted octanol–water partition coefficient (Wildman–Crippen LogP) is 1.60. The number of likely N-dealkylation sites (N-methyl/N-ethyl adjacent to an activating group) is 1. The Balaban J connectivity index is 1.51. The van der Waals surface area contributed by atoms with Gasteiger partial charge in [-0.3, -0.25) is 9.59 Å². The normalized spacial score (nSPS) is 24.3. The third-order valence-corrected chi connectivity index (χ3v) is 4.89. The Hall–Kier alpha value is -1.88. The van der Waals surface area contributed by atoms with Gasteiger partial charge >= 0.3 is 0 Å². The van der Waals surface area contributed by atoms with Crippen molar-refractivity contribution in [3.8, 4) is 0 Å². The van der Waals surface area contributed by atoms with E-state index in [4.69, 9.17) is 0 Å². The molecule has 5 heteroatoms. The van der Waals surface area contributed by atoms with E-state index in [-0.39, 0.29) is 23.7 Å². The van der Waals surface area contributed by atoms with Gasteiger partial charge in [0, 0.05) is 31.9 Å². The molecule has 1 aliphatic heterocycles. The number of anilines is 1. The monoisotopic (exact) mass is 315 g/mol. The van der Waals surface area contributed by atoms with E-state index in [1.54, 1.807) is 0 Å².